The van der Waals surface area contributed by atoms with E-state index in [4.69, 9.17) is 10.5 Å². The maximum Gasteiger partial charge on any atom is 0.416 e. The Kier molecular flexibility index (Phi) is 5.36. The molecular formula is C16H23F3N2O2. The number of alkyl halides is 3. The zero-order valence-corrected chi connectivity index (χ0v) is 14.0. The number of rotatable bonds is 3. The Balaban J connectivity index is 3.26. The van der Waals surface area contributed by atoms with E-state index in [1.165, 1.54) is 6.07 Å². The summed E-state index contributed by atoms with van der Waals surface area (Å²) in [7, 11) is 0. The van der Waals surface area contributed by atoms with Crippen LogP contribution in [-0.2, 0) is 16.3 Å². The normalized spacial score (nSPS) is 12.9. The molecule has 0 aromatic heterocycles. The lowest BCUT2D eigenvalue weighted by Gasteiger charge is -2.27. The molecule has 0 saturated carbocycles. The van der Waals surface area contributed by atoms with Gasteiger partial charge in [-0.2, -0.15) is 13.2 Å². The van der Waals surface area contributed by atoms with Gasteiger partial charge < -0.3 is 10.5 Å². The van der Waals surface area contributed by atoms with Crippen molar-refractivity contribution in [2.24, 2.45) is 5.73 Å². The highest BCUT2D eigenvalue weighted by Gasteiger charge is 2.33. The summed E-state index contributed by atoms with van der Waals surface area (Å²) < 4.78 is 43.9. The van der Waals surface area contributed by atoms with Gasteiger partial charge in [0.05, 0.1) is 5.56 Å². The molecule has 0 saturated heterocycles. The van der Waals surface area contributed by atoms with Crippen LogP contribution in [0.15, 0.2) is 18.2 Å². The first-order valence-corrected chi connectivity index (χ1v) is 7.18. The molecule has 0 spiro atoms. The van der Waals surface area contributed by atoms with E-state index >= 15 is 0 Å². The molecule has 0 atom stereocenters. The van der Waals surface area contributed by atoms with Gasteiger partial charge in [0.15, 0.2) is 0 Å². The number of ether oxygens (including phenoxy) is 1. The Labute approximate surface area is 134 Å². The number of halogens is 3. The minimum atomic E-state index is -4.50. The van der Waals surface area contributed by atoms with Gasteiger partial charge >= 0.3 is 12.3 Å². The van der Waals surface area contributed by atoms with Crippen LogP contribution in [0.5, 0.6) is 0 Å². The lowest BCUT2D eigenvalue weighted by molar-refractivity contribution is -0.137. The third-order valence-electron chi connectivity index (χ3n) is 3.22. The standard InChI is InChI=1S/C16H23F3N2O2/c1-14(2,3)23-13(22)21-12-8-10(16(17,18)19)6-7-11(12)15(4,5)9-20/h6-8H,9,20H2,1-5H3,(H,21,22). The number of hydrogen-bond acceptors (Lipinski definition) is 3. The fourth-order valence-corrected chi connectivity index (χ4v) is 1.94. The Hall–Kier alpha value is -1.76. The summed E-state index contributed by atoms with van der Waals surface area (Å²) in [5.74, 6) is 0. The van der Waals surface area contributed by atoms with E-state index in [1.807, 2.05) is 0 Å². The largest absolute Gasteiger partial charge is 0.444 e. The highest BCUT2D eigenvalue weighted by Crippen LogP contribution is 2.36. The van der Waals surface area contributed by atoms with Crippen LogP contribution < -0.4 is 11.1 Å². The van der Waals surface area contributed by atoms with Gasteiger partial charge in [-0.15, -0.1) is 0 Å². The summed E-state index contributed by atoms with van der Waals surface area (Å²) in [5, 5.41) is 2.40. The van der Waals surface area contributed by atoms with Crippen LogP contribution in [0.3, 0.4) is 0 Å². The van der Waals surface area contributed by atoms with E-state index in [1.54, 1.807) is 34.6 Å². The van der Waals surface area contributed by atoms with E-state index in [0.29, 0.717) is 5.56 Å². The van der Waals surface area contributed by atoms with Crippen molar-refractivity contribution in [3.63, 3.8) is 0 Å². The van der Waals surface area contributed by atoms with Gasteiger partial charge in [-0.05, 0) is 38.5 Å². The molecule has 4 nitrogen and oxygen atoms in total. The molecule has 0 aliphatic rings. The molecule has 1 rings (SSSR count). The third kappa shape index (κ3) is 5.42. The molecule has 130 valence electrons. The van der Waals surface area contributed by atoms with Crippen LogP contribution in [0.2, 0.25) is 0 Å². The zero-order chi connectivity index (χ0) is 18.1. The van der Waals surface area contributed by atoms with Gasteiger partial charge in [-0.3, -0.25) is 5.32 Å². The summed E-state index contributed by atoms with van der Waals surface area (Å²) in [6.45, 7) is 8.80. The van der Waals surface area contributed by atoms with Gasteiger partial charge in [-0.25, -0.2) is 4.79 Å². The SMILES string of the molecule is CC(C)(C)OC(=O)Nc1cc(C(F)(F)F)ccc1C(C)(C)CN. The van der Waals surface area contributed by atoms with E-state index < -0.39 is 28.8 Å². The minimum Gasteiger partial charge on any atom is -0.444 e. The molecular weight excluding hydrogens is 309 g/mol. The van der Waals surface area contributed by atoms with Crippen LogP contribution in [0.1, 0.15) is 45.7 Å². The molecule has 0 aliphatic heterocycles. The molecule has 1 aromatic rings. The first-order valence-electron chi connectivity index (χ1n) is 7.18. The number of benzene rings is 1. The molecule has 1 amide bonds. The quantitative estimate of drug-likeness (QED) is 0.868. The average molecular weight is 332 g/mol. The monoisotopic (exact) mass is 332 g/mol. The predicted octanol–water partition coefficient (Wildman–Crippen LogP) is 4.29. The van der Waals surface area contributed by atoms with Gasteiger partial charge in [0.2, 0.25) is 0 Å². The summed E-state index contributed by atoms with van der Waals surface area (Å²) >= 11 is 0. The fraction of sp³-hybridized carbons (Fsp3) is 0.562. The van der Waals surface area contributed by atoms with E-state index in [0.717, 1.165) is 12.1 Å². The van der Waals surface area contributed by atoms with Crippen molar-refractivity contribution < 1.29 is 22.7 Å². The Bertz CT molecular complexity index is 576. The van der Waals surface area contributed by atoms with E-state index in [-0.39, 0.29) is 12.2 Å². The molecule has 0 aliphatic carbocycles. The molecule has 23 heavy (non-hydrogen) atoms. The number of hydrogen-bond donors (Lipinski definition) is 2. The molecule has 0 fully saturated rings. The topological polar surface area (TPSA) is 64.3 Å². The smallest absolute Gasteiger partial charge is 0.416 e. The maximum absolute atomic E-state index is 12.9. The minimum absolute atomic E-state index is 0.0459. The molecule has 1 aromatic carbocycles. The molecule has 3 N–H and O–H groups in total. The van der Waals surface area contributed by atoms with Gasteiger partial charge in [0.1, 0.15) is 5.60 Å². The van der Waals surface area contributed by atoms with Crippen molar-refractivity contribution in [3.05, 3.63) is 29.3 Å². The third-order valence-corrected chi connectivity index (χ3v) is 3.22. The molecule has 0 bridgehead atoms. The summed E-state index contributed by atoms with van der Waals surface area (Å²) in [6, 6.07) is 3.21. The second kappa shape index (κ2) is 6.39. The number of amides is 1. The highest BCUT2D eigenvalue weighted by atomic mass is 19.4. The molecule has 0 heterocycles. The maximum atomic E-state index is 12.9. The summed E-state index contributed by atoms with van der Waals surface area (Å²) in [4.78, 5) is 11.9. The molecule has 7 heteroatoms. The van der Waals surface area contributed by atoms with Crippen LogP contribution in [-0.4, -0.2) is 18.2 Å². The fourth-order valence-electron chi connectivity index (χ4n) is 1.94. The van der Waals surface area contributed by atoms with Crippen LogP contribution in [0.4, 0.5) is 23.7 Å². The van der Waals surface area contributed by atoms with Crippen molar-refractivity contribution in [3.8, 4) is 0 Å². The Morgan fingerprint density at radius 3 is 2.17 bits per heavy atom. The molecule has 0 radical (unpaired) electrons. The number of nitrogens with one attached hydrogen (secondary N) is 1. The zero-order valence-electron chi connectivity index (χ0n) is 14.0. The second-order valence-electron chi connectivity index (χ2n) is 6.97. The lowest BCUT2D eigenvalue weighted by atomic mass is 9.83. The second-order valence-corrected chi connectivity index (χ2v) is 6.97. The van der Waals surface area contributed by atoms with Crippen molar-refractivity contribution in [1.82, 2.24) is 0 Å². The Morgan fingerprint density at radius 1 is 1.17 bits per heavy atom. The van der Waals surface area contributed by atoms with Crippen molar-refractivity contribution in [2.45, 2.75) is 51.8 Å². The number of carbonyl (C=O) groups excluding carboxylic acids is 1. The number of nitrogens with two attached hydrogens (primary N) is 1. The predicted molar refractivity (Wildman–Crippen MR) is 83.4 cm³/mol. The van der Waals surface area contributed by atoms with Crippen molar-refractivity contribution >= 4 is 11.8 Å². The lowest BCUT2D eigenvalue weighted by Crippen LogP contribution is -2.31. The van der Waals surface area contributed by atoms with Crippen LogP contribution in [0, 0.1) is 0 Å². The van der Waals surface area contributed by atoms with E-state index in [9.17, 15) is 18.0 Å². The first kappa shape index (κ1) is 19.3. The van der Waals surface area contributed by atoms with Gasteiger partial charge in [-0.1, -0.05) is 19.9 Å². The highest BCUT2D eigenvalue weighted by molar-refractivity contribution is 5.86. The van der Waals surface area contributed by atoms with Gasteiger partial charge in [0, 0.05) is 17.6 Å². The van der Waals surface area contributed by atoms with Crippen molar-refractivity contribution in [2.75, 3.05) is 11.9 Å². The van der Waals surface area contributed by atoms with E-state index in [2.05, 4.69) is 5.32 Å². The van der Waals surface area contributed by atoms with Crippen LogP contribution >= 0.6 is 0 Å². The Morgan fingerprint density at radius 2 is 1.74 bits per heavy atom. The number of anilines is 1. The van der Waals surface area contributed by atoms with Crippen LogP contribution in [0.25, 0.3) is 0 Å². The summed E-state index contributed by atoms with van der Waals surface area (Å²) in [5.41, 5.74) is 4.05. The average Bonchev–Trinajstić information content (AvgIpc) is 2.35. The first-order chi connectivity index (χ1) is 10.3. The van der Waals surface area contributed by atoms with Gasteiger partial charge in [0.25, 0.3) is 0 Å². The molecule has 0 unspecified atom stereocenters. The van der Waals surface area contributed by atoms with Crippen molar-refractivity contribution in [1.29, 1.82) is 0 Å². The number of carbonyl (C=O) groups is 1. The summed E-state index contributed by atoms with van der Waals surface area (Å²) in [6.07, 6.45) is -5.32.